The topological polar surface area (TPSA) is 38.5 Å². The average Bonchev–Trinajstić information content (AvgIpc) is 2.20. The van der Waals surface area contributed by atoms with Crippen molar-refractivity contribution in [3.8, 4) is 5.75 Å². The smallest absolute Gasteiger partial charge is 0.406 e. The molecule has 6 heteroatoms. The van der Waals surface area contributed by atoms with E-state index < -0.39 is 6.36 Å². The van der Waals surface area contributed by atoms with Crippen molar-refractivity contribution < 1.29 is 17.9 Å². The fourth-order valence-electron chi connectivity index (χ4n) is 1.58. The number of hydrogen-bond acceptors (Lipinski definition) is 3. The number of halogens is 3. The predicted molar refractivity (Wildman–Crippen MR) is 64.4 cm³/mol. The Labute approximate surface area is 104 Å². The van der Waals surface area contributed by atoms with Gasteiger partial charge in [0.2, 0.25) is 0 Å². The Balaban J connectivity index is 2.69. The van der Waals surface area contributed by atoms with Gasteiger partial charge in [-0.25, -0.2) is 0 Å². The van der Waals surface area contributed by atoms with Gasteiger partial charge in [0, 0.05) is 5.69 Å². The molecule has 0 aromatic heterocycles. The van der Waals surface area contributed by atoms with Crippen LogP contribution >= 0.6 is 0 Å². The highest BCUT2D eigenvalue weighted by molar-refractivity contribution is 5.50. The number of nitrogen functional groups attached to an aromatic ring is 1. The predicted octanol–water partition coefficient (Wildman–Crippen LogP) is 2.66. The Hall–Kier alpha value is -1.43. The van der Waals surface area contributed by atoms with E-state index in [2.05, 4.69) is 4.74 Å². The third-order valence-corrected chi connectivity index (χ3v) is 2.40. The van der Waals surface area contributed by atoms with Crippen molar-refractivity contribution in [2.45, 2.75) is 19.2 Å². The molecule has 102 valence electrons. The Morgan fingerprint density at radius 2 is 1.94 bits per heavy atom. The Bertz CT molecular complexity index is 391. The summed E-state index contributed by atoms with van der Waals surface area (Å²) in [6.45, 7) is 0.851. The Morgan fingerprint density at radius 1 is 1.28 bits per heavy atom. The number of aryl methyl sites for hydroxylation is 1. The zero-order chi connectivity index (χ0) is 13.8. The van der Waals surface area contributed by atoms with Gasteiger partial charge in [-0.05, 0) is 57.2 Å². The molecular weight excluding hydrogens is 245 g/mol. The van der Waals surface area contributed by atoms with Crippen LogP contribution in [0, 0.1) is 0 Å². The van der Waals surface area contributed by atoms with Crippen molar-refractivity contribution in [3.63, 3.8) is 0 Å². The number of alkyl halides is 3. The summed E-state index contributed by atoms with van der Waals surface area (Å²) in [5, 5.41) is 0. The second-order valence-corrected chi connectivity index (χ2v) is 4.32. The van der Waals surface area contributed by atoms with Gasteiger partial charge in [-0.2, -0.15) is 0 Å². The molecule has 2 N–H and O–H groups in total. The first-order chi connectivity index (χ1) is 8.28. The number of ether oxygens (including phenoxy) is 1. The van der Waals surface area contributed by atoms with Gasteiger partial charge < -0.3 is 15.4 Å². The number of nitrogens with two attached hydrogens (primary N) is 1. The van der Waals surface area contributed by atoms with E-state index >= 15 is 0 Å². The summed E-state index contributed by atoms with van der Waals surface area (Å²) in [4.78, 5) is 2.01. The Kier molecular flexibility index (Phi) is 4.84. The molecule has 0 spiro atoms. The minimum absolute atomic E-state index is 0.225. The van der Waals surface area contributed by atoms with Crippen LogP contribution in [0.2, 0.25) is 0 Å². The molecule has 0 saturated heterocycles. The average molecular weight is 262 g/mol. The number of nitrogens with zero attached hydrogens (tertiary/aromatic N) is 1. The van der Waals surface area contributed by atoms with Crippen molar-refractivity contribution in [1.29, 1.82) is 0 Å². The summed E-state index contributed by atoms with van der Waals surface area (Å²) in [7, 11) is 3.87. The lowest BCUT2D eigenvalue weighted by Gasteiger charge is -2.13. The second kappa shape index (κ2) is 5.95. The maximum Gasteiger partial charge on any atom is 0.573 e. The molecule has 1 rings (SSSR count). The van der Waals surface area contributed by atoms with Gasteiger partial charge in [-0.3, -0.25) is 0 Å². The third kappa shape index (κ3) is 5.27. The lowest BCUT2D eigenvalue weighted by molar-refractivity contribution is -0.274. The van der Waals surface area contributed by atoms with Crippen molar-refractivity contribution in [3.05, 3.63) is 23.8 Å². The molecule has 0 unspecified atom stereocenters. The normalized spacial score (nSPS) is 11.9. The van der Waals surface area contributed by atoms with E-state index in [0.717, 1.165) is 13.0 Å². The summed E-state index contributed by atoms with van der Waals surface area (Å²) in [5.41, 5.74) is 6.89. The minimum atomic E-state index is -4.67. The maximum atomic E-state index is 12.1. The number of hydrogen-bond donors (Lipinski definition) is 1. The molecule has 0 atom stereocenters. The van der Waals surface area contributed by atoms with E-state index in [-0.39, 0.29) is 5.75 Å². The van der Waals surface area contributed by atoms with Crippen LogP contribution in [0.15, 0.2) is 18.2 Å². The van der Waals surface area contributed by atoms with E-state index in [4.69, 9.17) is 5.73 Å². The van der Waals surface area contributed by atoms with Crippen molar-refractivity contribution >= 4 is 5.69 Å². The molecule has 0 heterocycles. The molecule has 0 aliphatic carbocycles. The Morgan fingerprint density at radius 3 is 2.50 bits per heavy atom. The minimum Gasteiger partial charge on any atom is -0.406 e. The van der Waals surface area contributed by atoms with E-state index in [1.54, 1.807) is 0 Å². The third-order valence-electron chi connectivity index (χ3n) is 2.40. The summed E-state index contributed by atoms with van der Waals surface area (Å²) in [6, 6.07) is 4.00. The van der Waals surface area contributed by atoms with Gasteiger partial charge in [0.15, 0.2) is 0 Å². The van der Waals surface area contributed by atoms with Gasteiger partial charge in [0.05, 0.1) is 0 Å². The summed E-state index contributed by atoms with van der Waals surface area (Å²) in [6.07, 6.45) is -3.22. The second-order valence-electron chi connectivity index (χ2n) is 4.32. The largest absolute Gasteiger partial charge is 0.573 e. The summed E-state index contributed by atoms with van der Waals surface area (Å²) >= 11 is 0. The highest BCUT2D eigenvalue weighted by atomic mass is 19.4. The zero-order valence-corrected chi connectivity index (χ0v) is 10.4. The molecule has 0 aliphatic rings. The van der Waals surface area contributed by atoms with E-state index in [1.165, 1.54) is 18.2 Å². The van der Waals surface area contributed by atoms with E-state index in [0.29, 0.717) is 17.7 Å². The number of rotatable bonds is 5. The fourth-order valence-corrected chi connectivity index (χ4v) is 1.58. The molecule has 1 aromatic rings. The van der Waals surface area contributed by atoms with Gasteiger partial charge in [-0.15, -0.1) is 13.2 Å². The molecule has 1 aromatic carbocycles. The SMILES string of the molecule is CN(C)CCCc1cc(OC(F)(F)F)ccc1N. The summed E-state index contributed by atoms with van der Waals surface area (Å²) < 4.78 is 40.1. The highest BCUT2D eigenvalue weighted by Crippen LogP contribution is 2.26. The van der Waals surface area contributed by atoms with Crippen LogP contribution in [0.5, 0.6) is 5.75 Å². The molecular formula is C12H17F3N2O. The molecule has 0 bridgehead atoms. The van der Waals surface area contributed by atoms with Gasteiger partial charge in [0.1, 0.15) is 5.75 Å². The molecule has 0 radical (unpaired) electrons. The quantitative estimate of drug-likeness (QED) is 0.829. The first-order valence-corrected chi connectivity index (χ1v) is 5.57. The van der Waals surface area contributed by atoms with E-state index in [9.17, 15) is 13.2 Å². The van der Waals surface area contributed by atoms with Crippen LogP contribution in [0.1, 0.15) is 12.0 Å². The maximum absolute atomic E-state index is 12.1. The van der Waals surface area contributed by atoms with Gasteiger partial charge in [-0.1, -0.05) is 0 Å². The van der Waals surface area contributed by atoms with Crippen LogP contribution in [-0.4, -0.2) is 31.9 Å². The molecule has 3 nitrogen and oxygen atoms in total. The lowest BCUT2D eigenvalue weighted by atomic mass is 10.1. The van der Waals surface area contributed by atoms with Gasteiger partial charge >= 0.3 is 6.36 Å². The van der Waals surface area contributed by atoms with Crippen LogP contribution in [0.4, 0.5) is 18.9 Å². The van der Waals surface area contributed by atoms with Gasteiger partial charge in [0.25, 0.3) is 0 Å². The van der Waals surface area contributed by atoms with Crippen LogP contribution in [0.3, 0.4) is 0 Å². The van der Waals surface area contributed by atoms with Crippen molar-refractivity contribution in [2.75, 3.05) is 26.4 Å². The first kappa shape index (κ1) is 14.6. The first-order valence-electron chi connectivity index (χ1n) is 5.57. The number of anilines is 1. The number of benzene rings is 1. The lowest BCUT2D eigenvalue weighted by Crippen LogP contribution is -2.17. The zero-order valence-electron chi connectivity index (χ0n) is 10.4. The van der Waals surface area contributed by atoms with Crippen molar-refractivity contribution in [1.82, 2.24) is 4.90 Å². The molecule has 0 amide bonds. The van der Waals surface area contributed by atoms with Crippen molar-refractivity contribution in [2.24, 2.45) is 0 Å². The summed E-state index contributed by atoms with van der Waals surface area (Å²) in [5.74, 6) is -0.225. The van der Waals surface area contributed by atoms with Crippen LogP contribution < -0.4 is 10.5 Å². The molecule has 0 saturated carbocycles. The monoisotopic (exact) mass is 262 g/mol. The fraction of sp³-hybridized carbons (Fsp3) is 0.500. The molecule has 0 aliphatic heterocycles. The van der Waals surface area contributed by atoms with E-state index in [1.807, 2.05) is 19.0 Å². The standard InChI is InChI=1S/C12H17F3N2O/c1-17(2)7-3-4-9-8-10(5-6-11(9)16)18-12(13,14)15/h5-6,8H,3-4,7,16H2,1-2H3. The molecule has 0 fully saturated rings. The van der Waals surface area contributed by atoms with Crippen LogP contribution in [-0.2, 0) is 6.42 Å². The van der Waals surface area contributed by atoms with Crippen LogP contribution in [0.25, 0.3) is 0 Å². The molecule has 18 heavy (non-hydrogen) atoms. The highest BCUT2D eigenvalue weighted by Gasteiger charge is 2.31.